The van der Waals surface area contributed by atoms with E-state index in [0.29, 0.717) is 40.1 Å². The first-order valence-corrected chi connectivity index (χ1v) is 12.3. The lowest BCUT2D eigenvalue weighted by Gasteiger charge is -2.15. The predicted molar refractivity (Wildman–Crippen MR) is 137 cm³/mol. The highest BCUT2D eigenvalue weighted by atomic mass is 35.5. The van der Waals surface area contributed by atoms with E-state index < -0.39 is 11.9 Å². The third-order valence-corrected chi connectivity index (χ3v) is 6.09. The minimum atomic E-state index is -0.645. The Morgan fingerprint density at radius 3 is 2.66 bits per heavy atom. The third-order valence-electron chi connectivity index (χ3n) is 5.35. The quantitative estimate of drug-likeness (QED) is 0.311. The molecule has 0 fully saturated rings. The molecule has 186 valence electrons. The van der Waals surface area contributed by atoms with Crippen molar-refractivity contribution in [1.82, 2.24) is 20.1 Å². The number of amides is 2. The van der Waals surface area contributed by atoms with Gasteiger partial charge < -0.3 is 15.8 Å². The number of carbonyl (C=O) groups is 2. The second kappa shape index (κ2) is 13.1. The van der Waals surface area contributed by atoms with Gasteiger partial charge in [-0.3, -0.25) is 14.6 Å². The highest BCUT2D eigenvalue weighted by molar-refractivity contribution is 6.42. The number of aromatic nitrogens is 3. The Balaban J connectivity index is 1.64. The van der Waals surface area contributed by atoms with E-state index in [-0.39, 0.29) is 18.9 Å². The van der Waals surface area contributed by atoms with Crippen molar-refractivity contribution in [3.05, 3.63) is 58.8 Å². The number of unbranched alkanes of at least 4 members (excludes halogenated alkanes) is 2. The van der Waals surface area contributed by atoms with Gasteiger partial charge in [-0.05, 0) is 43.2 Å². The zero-order valence-corrected chi connectivity index (χ0v) is 21.1. The Hall–Kier alpha value is -3.10. The van der Waals surface area contributed by atoms with Crippen LogP contribution in [0, 0.1) is 0 Å². The van der Waals surface area contributed by atoms with Gasteiger partial charge in [0, 0.05) is 30.4 Å². The van der Waals surface area contributed by atoms with Crippen molar-refractivity contribution in [2.45, 2.75) is 51.5 Å². The number of benzene rings is 1. The molecule has 35 heavy (non-hydrogen) atoms. The van der Waals surface area contributed by atoms with E-state index in [9.17, 15) is 9.59 Å². The predicted octanol–water partition coefficient (Wildman–Crippen LogP) is 4.95. The molecule has 0 saturated carbocycles. The molecule has 0 radical (unpaired) electrons. The molecule has 0 aliphatic heterocycles. The fourth-order valence-electron chi connectivity index (χ4n) is 3.48. The van der Waals surface area contributed by atoms with Crippen LogP contribution in [-0.4, -0.2) is 39.2 Å². The largest absolute Gasteiger partial charge is 0.478 e. The summed E-state index contributed by atoms with van der Waals surface area (Å²) in [7, 11) is 0. The lowest BCUT2D eigenvalue weighted by atomic mass is 10.1. The van der Waals surface area contributed by atoms with Crippen LogP contribution < -0.4 is 15.8 Å². The Bertz CT molecular complexity index is 1140. The van der Waals surface area contributed by atoms with Crippen molar-refractivity contribution in [3.63, 3.8) is 0 Å². The van der Waals surface area contributed by atoms with Gasteiger partial charge in [0.25, 0.3) is 0 Å². The van der Waals surface area contributed by atoms with E-state index in [2.05, 4.69) is 22.3 Å². The third kappa shape index (κ3) is 7.70. The number of primary amides is 1. The van der Waals surface area contributed by atoms with Gasteiger partial charge in [0.1, 0.15) is 6.04 Å². The molecule has 1 atom stereocenters. The lowest BCUT2D eigenvalue weighted by Crippen LogP contribution is -2.44. The lowest BCUT2D eigenvalue weighted by molar-refractivity contribution is -0.127. The Kier molecular flexibility index (Phi) is 9.93. The zero-order valence-electron chi connectivity index (χ0n) is 19.5. The average Bonchev–Trinajstić information content (AvgIpc) is 3.27. The summed E-state index contributed by atoms with van der Waals surface area (Å²) in [6.45, 7) is 2.34. The molecule has 2 amide bonds. The molecule has 0 aliphatic carbocycles. The number of ether oxygens (including phenoxy) is 1. The van der Waals surface area contributed by atoms with Crippen LogP contribution in [-0.2, 0) is 9.59 Å². The minimum absolute atomic E-state index is 0.202. The highest BCUT2D eigenvalue weighted by Gasteiger charge is 2.18. The first-order chi connectivity index (χ1) is 16.9. The summed E-state index contributed by atoms with van der Waals surface area (Å²) >= 11 is 12.3. The number of nitrogens with two attached hydrogens (primary N) is 1. The van der Waals surface area contributed by atoms with Crippen LogP contribution in [0.1, 0.15) is 45.4 Å². The number of nitrogens with one attached hydrogen (secondary N) is 1. The van der Waals surface area contributed by atoms with Crippen molar-refractivity contribution < 1.29 is 14.3 Å². The molecule has 8 nitrogen and oxygen atoms in total. The molecule has 2 aromatic heterocycles. The molecule has 10 heteroatoms. The first kappa shape index (κ1) is 26.5. The standard InChI is InChI=1S/C25H29Cl2N5O3/c1-2-3-4-8-21(25(28)34)30-23(33)9-6-13-35-24-15-22(17-7-5-12-29-16-17)31-32(24)18-10-11-19(26)20(27)14-18/h5,7,10-12,14-16,21H,2-4,6,8-9,13H2,1H3,(H2,28,34)(H,30,33)/t21-/m0/s1. The van der Waals surface area contributed by atoms with Gasteiger partial charge in [-0.1, -0.05) is 49.4 Å². The molecular weight excluding hydrogens is 489 g/mol. The van der Waals surface area contributed by atoms with Crippen molar-refractivity contribution in [3.8, 4) is 22.8 Å². The molecular formula is C25H29Cl2N5O3. The highest BCUT2D eigenvalue weighted by Crippen LogP contribution is 2.29. The number of hydrogen-bond acceptors (Lipinski definition) is 5. The van der Waals surface area contributed by atoms with Crippen LogP contribution in [0.15, 0.2) is 48.8 Å². The summed E-state index contributed by atoms with van der Waals surface area (Å²) in [6.07, 6.45) is 7.45. The van der Waals surface area contributed by atoms with Gasteiger partial charge in [-0.2, -0.15) is 5.10 Å². The van der Waals surface area contributed by atoms with Gasteiger partial charge in [0.15, 0.2) is 0 Å². The number of pyridine rings is 1. The summed E-state index contributed by atoms with van der Waals surface area (Å²) in [5.74, 6) is -0.265. The number of hydrogen-bond donors (Lipinski definition) is 2. The van der Waals surface area contributed by atoms with E-state index in [1.165, 1.54) is 0 Å². The van der Waals surface area contributed by atoms with E-state index >= 15 is 0 Å². The molecule has 0 saturated heterocycles. The van der Waals surface area contributed by atoms with Gasteiger partial charge in [-0.15, -0.1) is 0 Å². The smallest absolute Gasteiger partial charge is 0.239 e. The average molecular weight is 518 g/mol. The molecule has 3 aromatic rings. The molecule has 3 rings (SSSR count). The van der Waals surface area contributed by atoms with Crippen LogP contribution in [0.3, 0.4) is 0 Å². The van der Waals surface area contributed by atoms with E-state index in [0.717, 1.165) is 24.8 Å². The maximum atomic E-state index is 12.3. The molecule has 0 bridgehead atoms. The topological polar surface area (TPSA) is 112 Å². The van der Waals surface area contributed by atoms with Crippen molar-refractivity contribution in [2.75, 3.05) is 6.61 Å². The molecule has 3 N–H and O–H groups in total. The van der Waals surface area contributed by atoms with Gasteiger partial charge in [0.2, 0.25) is 17.7 Å². The SMILES string of the molecule is CCCCC[C@H](NC(=O)CCCOc1cc(-c2cccnc2)nn1-c1ccc(Cl)c(Cl)c1)C(N)=O. The van der Waals surface area contributed by atoms with E-state index in [1.807, 2.05) is 12.1 Å². The van der Waals surface area contributed by atoms with Crippen LogP contribution in [0.5, 0.6) is 5.88 Å². The number of carbonyl (C=O) groups excluding carboxylic acids is 2. The second-order valence-corrected chi connectivity index (χ2v) is 8.90. The molecule has 0 spiro atoms. The fraction of sp³-hybridized carbons (Fsp3) is 0.360. The number of rotatable bonds is 13. The summed E-state index contributed by atoms with van der Waals surface area (Å²) in [6, 6.07) is 10.1. The summed E-state index contributed by atoms with van der Waals surface area (Å²) in [5.41, 5.74) is 7.61. The second-order valence-electron chi connectivity index (χ2n) is 8.09. The van der Waals surface area contributed by atoms with Crippen LogP contribution in [0.25, 0.3) is 16.9 Å². The fourth-order valence-corrected chi connectivity index (χ4v) is 3.78. The van der Waals surface area contributed by atoms with Gasteiger partial charge >= 0.3 is 0 Å². The van der Waals surface area contributed by atoms with Crippen LogP contribution in [0.2, 0.25) is 10.0 Å². The normalized spacial score (nSPS) is 11.7. The summed E-state index contributed by atoms with van der Waals surface area (Å²) in [4.78, 5) is 28.1. The summed E-state index contributed by atoms with van der Waals surface area (Å²) in [5, 5.41) is 8.21. The van der Waals surface area contributed by atoms with Crippen molar-refractivity contribution in [1.29, 1.82) is 0 Å². The Morgan fingerprint density at radius 2 is 1.97 bits per heavy atom. The molecule has 0 unspecified atom stereocenters. The monoisotopic (exact) mass is 517 g/mol. The Morgan fingerprint density at radius 1 is 1.14 bits per heavy atom. The maximum Gasteiger partial charge on any atom is 0.239 e. The number of nitrogens with zero attached hydrogens (tertiary/aromatic N) is 3. The Labute approximate surface area is 214 Å². The van der Waals surface area contributed by atoms with Gasteiger partial charge in [-0.25, -0.2) is 4.68 Å². The first-order valence-electron chi connectivity index (χ1n) is 11.6. The number of halogens is 2. The summed E-state index contributed by atoms with van der Waals surface area (Å²) < 4.78 is 7.60. The van der Waals surface area contributed by atoms with E-state index in [4.69, 9.17) is 33.7 Å². The van der Waals surface area contributed by atoms with Crippen LogP contribution >= 0.6 is 23.2 Å². The zero-order chi connectivity index (χ0) is 25.2. The van der Waals surface area contributed by atoms with E-state index in [1.54, 1.807) is 41.3 Å². The van der Waals surface area contributed by atoms with Crippen LogP contribution in [0.4, 0.5) is 0 Å². The molecule has 1 aromatic carbocycles. The maximum absolute atomic E-state index is 12.3. The molecule has 0 aliphatic rings. The van der Waals surface area contributed by atoms with Crippen molar-refractivity contribution in [2.24, 2.45) is 5.73 Å². The van der Waals surface area contributed by atoms with Crippen molar-refractivity contribution >= 4 is 35.0 Å². The molecule has 2 heterocycles. The minimum Gasteiger partial charge on any atom is -0.478 e. The van der Waals surface area contributed by atoms with Gasteiger partial charge in [0.05, 0.1) is 28.0 Å².